The van der Waals surface area contributed by atoms with Crippen LogP contribution in [0.3, 0.4) is 0 Å². The number of benzene rings is 1. The van der Waals surface area contributed by atoms with Crippen LogP contribution in [0.5, 0.6) is 0 Å². The van der Waals surface area contributed by atoms with E-state index in [1.807, 2.05) is 23.9 Å². The SMILES string of the molecule is CN(C)CC1COC2(CCCC2)CN1C(=O)c1ccc(B(O)O)c(C=O)c1. The van der Waals surface area contributed by atoms with E-state index in [0.29, 0.717) is 31.5 Å². The van der Waals surface area contributed by atoms with Gasteiger partial charge >= 0.3 is 7.12 Å². The molecule has 3 rings (SSSR count). The molecule has 146 valence electrons. The lowest BCUT2D eigenvalue weighted by Crippen LogP contribution is -2.59. The summed E-state index contributed by atoms with van der Waals surface area (Å²) in [5.74, 6) is -0.154. The van der Waals surface area contributed by atoms with E-state index in [-0.39, 0.29) is 28.6 Å². The summed E-state index contributed by atoms with van der Waals surface area (Å²) < 4.78 is 6.21. The average Bonchev–Trinajstić information content (AvgIpc) is 3.09. The van der Waals surface area contributed by atoms with E-state index in [2.05, 4.69) is 0 Å². The predicted octanol–water partition coefficient (Wildman–Crippen LogP) is -0.106. The molecule has 27 heavy (non-hydrogen) atoms. The molecule has 0 bridgehead atoms. The van der Waals surface area contributed by atoms with Crippen LogP contribution in [0.25, 0.3) is 0 Å². The van der Waals surface area contributed by atoms with Crippen LogP contribution in [0.15, 0.2) is 18.2 Å². The summed E-state index contributed by atoms with van der Waals surface area (Å²) in [6.07, 6.45) is 4.68. The van der Waals surface area contributed by atoms with Gasteiger partial charge in [0.05, 0.1) is 24.8 Å². The molecule has 2 fully saturated rings. The number of hydrogen-bond donors (Lipinski definition) is 2. The fraction of sp³-hybridized carbons (Fsp3) is 0.579. The maximum Gasteiger partial charge on any atom is 0.489 e. The minimum absolute atomic E-state index is 0.0680. The molecule has 7 nitrogen and oxygen atoms in total. The number of carbonyl (C=O) groups excluding carboxylic acids is 2. The molecule has 1 heterocycles. The number of ether oxygens (including phenoxy) is 1. The summed E-state index contributed by atoms with van der Waals surface area (Å²) in [4.78, 5) is 28.5. The molecule has 1 saturated carbocycles. The lowest BCUT2D eigenvalue weighted by Gasteiger charge is -2.46. The van der Waals surface area contributed by atoms with Gasteiger partial charge < -0.3 is 24.6 Å². The van der Waals surface area contributed by atoms with Crippen molar-refractivity contribution < 1.29 is 24.4 Å². The molecule has 8 heteroatoms. The molecule has 1 spiro atoms. The molecular weight excluding hydrogens is 347 g/mol. The van der Waals surface area contributed by atoms with Gasteiger partial charge in [-0.05, 0) is 44.5 Å². The van der Waals surface area contributed by atoms with Crippen LogP contribution < -0.4 is 5.46 Å². The fourth-order valence-corrected chi connectivity index (χ4v) is 4.19. The van der Waals surface area contributed by atoms with E-state index in [1.165, 1.54) is 12.1 Å². The van der Waals surface area contributed by atoms with Gasteiger partial charge in [0.15, 0.2) is 0 Å². The van der Waals surface area contributed by atoms with E-state index >= 15 is 0 Å². The molecule has 1 atom stereocenters. The average molecular weight is 374 g/mol. The van der Waals surface area contributed by atoms with Gasteiger partial charge in [-0.2, -0.15) is 0 Å². The highest BCUT2D eigenvalue weighted by Crippen LogP contribution is 2.37. The number of aldehydes is 1. The van der Waals surface area contributed by atoms with E-state index < -0.39 is 7.12 Å². The maximum absolute atomic E-state index is 13.3. The molecule has 1 amide bonds. The van der Waals surface area contributed by atoms with Gasteiger partial charge in [-0.15, -0.1) is 0 Å². The Kier molecular flexibility index (Phi) is 6.00. The Morgan fingerprint density at radius 1 is 1.37 bits per heavy atom. The molecule has 2 aliphatic rings. The largest absolute Gasteiger partial charge is 0.489 e. The van der Waals surface area contributed by atoms with Crippen LogP contribution in [-0.2, 0) is 4.74 Å². The number of carbonyl (C=O) groups is 2. The van der Waals surface area contributed by atoms with Crippen LogP contribution in [-0.4, -0.2) is 84.6 Å². The number of likely N-dealkylation sites (N-methyl/N-ethyl adjacent to an activating group) is 1. The number of amides is 1. The van der Waals surface area contributed by atoms with Gasteiger partial charge in [-0.25, -0.2) is 0 Å². The molecule has 1 unspecified atom stereocenters. The summed E-state index contributed by atoms with van der Waals surface area (Å²) in [6.45, 7) is 1.73. The van der Waals surface area contributed by atoms with E-state index in [4.69, 9.17) is 4.74 Å². The minimum Gasteiger partial charge on any atom is -0.423 e. The summed E-state index contributed by atoms with van der Waals surface area (Å²) in [5, 5.41) is 18.7. The van der Waals surface area contributed by atoms with Crippen molar-refractivity contribution in [3.05, 3.63) is 29.3 Å². The first kappa shape index (κ1) is 20.0. The lowest BCUT2D eigenvalue weighted by molar-refractivity contribution is -0.121. The van der Waals surface area contributed by atoms with Crippen LogP contribution in [0.1, 0.15) is 46.4 Å². The second-order valence-corrected chi connectivity index (χ2v) is 7.89. The van der Waals surface area contributed by atoms with Crippen LogP contribution >= 0.6 is 0 Å². The van der Waals surface area contributed by atoms with Gasteiger partial charge in [0.2, 0.25) is 0 Å². The Labute approximate surface area is 160 Å². The minimum atomic E-state index is -1.75. The highest BCUT2D eigenvalue weighted by molar-refractivity contribution is 6.60. The summed E-state index contributed by atoms with van der Waals surface area (Å²) in [5.41, 5.74) is 0.331. The third kappa shape index (κ3) is 4.24. The van der Waals surface area contributed by atoms with E-state index in [0.717, 1.165) is 25.7 Å². The third-order valence-corrected chi connectivity index (χ3v) is 5.57. The van der Waals surface area contributed by atoms with Gasteiger partial charge in [-0.1, -0.05) is 18.9 Å². The topological polar surface area (TPSA) is 90.3 Å². The van der Waals surface area contributed by atoms with Crippen LogP contribution in [0.4, 0.5) is 0 Å². The monoisotopic (exact) mass is 374 g/mol. The van der Waals surface area contributed by atoms with Gasteiger partial charge in [0, 0.05) is 17.7 Å². The van der Waals surface area contributed by atoms with Gasteiger partial charge in [0.25, 0.3) is 5.91 Å². The Hall–Kier alpha value is -1.74. The number of rotatable bonds is 5. The zero-order valence-corrected chi connectivity index (χ0v) is 15.9. The van der Waals surface area contributed by atoms with Crippen LogP contribution in [0, 0.1) is 0 Å². The normalized spacial score (nSPS) is 21.7. The summed E-state index contributed by atoms with van der Waals surface area (Å²) in [6, 6.07) is 4.34. The fourth-order valence-electron chi connectivity index (χ4n) is 4.19. The maximum atomic E-state index is 13.3. The Morgan fingerprint density at radius 2 is 2.07 bits per heavy atom. The molecule has 2 N–H and O–H groups in total. The predicted molar refractivity (Wildman–Crippen MR) is 102 cm³/mol. The van der Waals surface area contributed by atoms with Crippen molar-refractivity contribution in [2.45, 2.75) is 37.3 Å². The van der Waals surface area contributed by atoms with Crippen molar-refractivity contribution in [2.75, 3.05) is 33.8 Å². The van der Waals surface area contributed by atoms with Crippen molar-refractivity contribution in [3.8, 4) is 0 Å². The first-order valence-electron chi connectivity index (χ1n) is 9.40. The zero-order chi connectivity index (χ0) is 19.6. The number of hydrogen-bond acceptors (Lipinski definition) is 6. The quantitative estimate of drug-likeness (QED) is 0.553. The van der Waals surface area contributed by atoms with Crippen molar-refractivity contribution in [1.82, 2.24) is 9.80 Å². The van der Waals surface area contributed by atoms with Crippen molar-refractivity contribution >= 4 is 24.8 Å². The molecular formula is C19H27BN2O5. The van der Waals surface area contributed by atoms with Gasteiger partial charge in [-0.3, -0.25) is 9.59 Å². The second kappa shape index (κ2) is 8.10. The molecule has 1 aliphatic carbocycles. The first-order chi connectivity index (χ1) is 12.8. The Bertz CT molecular complexity index is 703. The van der Waals surface area contributed by atoms with Crippen LogP contribution in [0.2, 0.25) is 0 Å². The smallest absolute Gasteiger partial charge is 0.423 e. The Morgan fingerprint density at radius 3 is 2.67 bits per heavy atom. The number of morpholine rings is 1. The van der Waals surface area contributed by atoms with Crippen molar-refractivity contribution in [2.24, 2.45) is 0 Å². The van der Waals surface area contributed by atoms with E-state index in [1.54, 1.807) is 6.07 Å². The summed E-state index contributed by atoms with van der Waals surface area (Å²) in [7, 11) is 2.18. The van der Waals surface area contributed by atoms with Gasteiger partial charge in [0.1, 0.15) is 6.29 Å². The van der Waals surface area contributed by atoms with Crippen molar-refractivity contribution in [3.63, 3.8) is 0 Å². The van der Waals surface area contributed by atoms with Crippen molar-refractivity contribution in [1.29, 1.82) is 0 Å². The highest BCUT2D eigenvalue weighted by atomic mass is 16.5. The first-order valence-corrected chi connectivity index (χ1v) is 9.40. The summed E-state index contributed by atoms with van der Waals surface area (Å²) >= 11 is 0. The molecule has 1 aromatic carbocycles. The molecule has 1 aliphatic heterocycles. The molecule has 1 saturated heterocycles. The Balaban J connectivity index is 1.89. The standard InChI is InChI=1S/C19H27BN2O5/c1-21(2)10-16-12-27-19(7-3-4-8-19)13-22(16)18(24)14-5-6-17(20(25)26)15(9-14)11-23/h5-6,9,11,16,25-26H,3-4,7-8,10,12-13H2,1-2H3. The number of nitrogens with zero attached hydrogens (tertiary/aromatic N) is 2. The molecule has 1 aromatic rings. The molecule has 0 radical (unpaired) electrons. The second-order valence-electron chi connectivity index (χ2n) is 7.89. The van der Waals surface area contributed by atoms with E-state index in [9.17, 15) is 19.6 Å². The highest BCUT2D eigenvalue weighted by Gasteiger charge is 2.44. The lowest BCUT2D eigenvalue weighted by atomic mass is 9.76. The molecule has 0 aromatic heterocycles. The zero-order valence-electron chi connectivity index (χ0n) is 15.9. The third-order valence-electron chi connectivity index (χ3n) is 5.57.